The first-order valence-electron chi connectivity index (χ1n) is 7.67. The van der Waals surface area contributed by atoms with E-state index in [1.165, 1.54) is 0 Å². The molecule has 3 rings (SSSR count). The highest BCUT2D eigenvalue weighted by Gasteiger charge is 2.07. The number of hydrogen-bond acceptors (Lipinski definition) is 2. The van der Waals surface area contributed by atoms with Crippen LogP contribution in [-0.2, 0) is 6.42 Å². The van der Waals surface area contributed by atoms with Gasteiger partial charge in [-0.15, -0.1) is 0 Å². The lowest BCUT2D eigenvalue weighted by molar-refractivity contribution is 0.0954. The van der Waals surface area contributed by atoms with Gasteiger partial charge in [-0.1, -0.05) is 36.4 Å². The van der Waals surface area contributed by atoms with Gasteiger partial charge in [-0.2, -0.15) is 0 Å². The third kappa shape index (κ3) is 3.66. The fraction of sp³-hybridized carbons (Fsp3) is 0.158. The summed E-state index contributed by atoms with van der Waals surface area (Å²) < 4.78 is 2.06. The summed E-state index contributed by atoms with van der Waals surface area (Å²) in [7, 11) is 0. The van der Waals surface area contributed by atoms with Gasteiger partial charge in [-0.05, 0) is 31.2 Å². The largest absolute Gasteiger partial charge is 0.352 e. The van der Waals surface area contributed by atoms with E-state index in [0.717, 1.165) is 17.2 Å². The first-order chi connectivity index (χ1) is 11.2. The molecule has 0 bridgehead atoms. The molecule has 1 N–H and O–H groups in total. The van der Waals surface area contributed by atoms with Gasteiger partial charge in [0, 0.05) is 30.4 Å². The number of carbonyl (C=O) groups excluding carboxylic acids is 1. The molecule has 3 aromatic rings. The molecule has 23 heavy (non-hydrogen) atoms. The van der Waals surface area contributed by atoms with E-state index in [-0.39, 0.29) is 5.91 Å². The molecule has 1 amide bonds. The lowest BCUT2D eigenvalue weighted by Crippen LogP contribution is -2.25. The minimum atomic E-state index is -0.0511. The van der Waals surface area contributed by atoms with Crippen molar-refractivity contribution >= 4 is 5.91 Å². The van der Waals surface area contributed by atoms with Crippen LogP contribution < -0.4 is 5.32 Å². The molecule has 0 saturated carbocycles. The second kappa shape index (κ2) is 6.92. The molecule has 0 fully saturated rings. The van der Waals surface area contributed by atoms with Gasteiger partial charge in [0.1, 0.15) is 5.82 Å². The Balaban J connectivity index is 1.60. The van der Waals surface area contributed by atoms with Crippen LogP contribution in [0.15, 0.2) is 66.9 Å². The van der Waals surface area contributed by atoms with E-state index in [9.17, 15) is 4.79 Å². The number of aromatic nitrogens is 2. The summed E-state index contributed by atoms with van der Waals surface area (Å²) in [6.07, 6.45) is 2.73. The van der Waals surface area contributed by atoms with E-state index in [4.69, 9.17) is 0 Å². The maximum Gasteiger partial charge on any atom is 0.251 e. The predicted molar refractivity (Wildman–Crippen MR) is 90.8 cm³/mol. The number of hydrogen-bond donors (Lipinski definition) is 1. The van der Waals surface area contributed by atoms with Crippen LogP contribution in [-0.4, -0.2) is 22.0 Å². The highest BCUT2D eigenvalue weighted by atomic mass is 16.1. The van der Waals surface area contributed by atoms with Crippen LogP contribution in [0.25, 0.3) is 5.69 Å². The quantitative estimate of drug-likeness (QED) is 0.787. The normalized spacial score (nSPS) is 10.5. The molecular formula is C19H19N3O. The van der Waals surface area contributed by atoms with Crippen molar-refractivity contribution in [3.63, 3.8) is 0 Å². The van der Waals surface area contributed by atoms with Crippen LogP contribution in [0.3, 0.4) is 0 Å². The Hall–Kier alpha value is -2.88. The molecule has 0 saturated heterocycles. The monoisotopic (exact) mass is 305 g/mol. The summed E-state index contributed by atoms with van der Waals surface area (Å²) in [5.41, 5.74) is 2.75. The summed E-state index contributed by atoms with van der Waals surface area (Å²) >= 11 is 0. The number of benzene rings is 2. The molecule has 0 atom stereocenters. The van der Waals surface area contributed by atoms with Crippen LogP contribution in [0.5, 0.6) is 0 Å². The van der Waals surface area contributed by atoms with Crippen molar-refractivity contribution in [2.45, 2.75) is 13.3 Å². The fourth-order valence-electron chi connectivity index (χ4n) is 2.50. The summed E-state index contributed by atoms with van der Waals surface area (Å²) in [4.78, 5) is 16.6. The minimum absolute atomic E-state index is 0.0511. The number of nitrogens with one attached hydrogen (secondary N) is 1. The zero-order valence-electron chi connectivity index (χ0n) is 13.1. The van der Waals surface area contributed by atoms with Crippen LogP contribution in [0.2, 0.25) is 0 Å². The van der Waals surface area contributed by atoms with Crippen molar-refractivity contribution in [1.82, 2.24) is 14.9 Å². The number of imidazole rings is 1. The Bertz CT molecular complexity index is 779. The summed E-state index contributed by atoms with van der Waals surface area (Å²) in [5, 5.41) is 2.93. The van der Waals surface area contributed by atoms with Crippen LogP contribution in [0.1, 0.15) is 21.9 Å². The first kappa shape index (κ1) is 15.0. The Kier molecular flexibility index (Phi) is 4.52. The number of carbonyl (C=O) groups is 1. The Morgan fingerprint density at radius 1 is 1.04 bits per heavy atom. The molecule has 0 unspecified atom stereocenters. The van der Waals surface area contributed by atoms with Crippen molar-refractivity contribution in [1.29, 1.82) is 0 Å². The third-order valence-electron chi connectivity index (χ3n) is 3.67. The summed E-state index contributed by atoms with van der Waals surface area (Å²) in [6.45, 7) is 2.55. The number of nitrogens with zero attached hydrogens (tertiary/aromatic N) is 2. The predicted octanol–water partition coefficient (Wildman–Crippen LogP) is 3.15. The molecule has 0 radical (unpaired) electrons. The second-order valence-corrected chi connectivity index (χ2v) is 5.36. The van der Waals surface area contributed by atoms with E-state index in [2.05, 4.69) is 27.0 Å². The van der Waals surface area contributed by atoms with Crippen LogP contribution in [0, 0.1) is 6.92 Å². The van der Waals surface area contributed by atoms with E-state index < -0.39 is 0 Å². The van der Waals surface area contributed by atoms with Gasteiger partial charge in [-0.25, -0.2) is 4.98 Å². The van der Waals surface area contributed by atoms with Crippen molar-refractivity contribution in [2.24, 2.45) is 0 Å². The summed E-state index contributed by atoms with van der Waals surface area (Å²) in [6, 6.07) is 19.4. The maximum absolute atomic E-state index is 12.0. The Morgan fingerprint density at radius 3 is 2.39 bits per heavy atom. The zero-order chi connectivity index (χ0) is 16.1. The van der Waals surface area contributed by atoms with Crippen molar-refractivity contribution in [3.05, 3.63) is 83.9 Å². The molecule has 4 nitrogen and oxygen atoms in total. The Morgan fingerprint density at radius 2 is 1.70 bits per heavy atom. The highest BCUT2D eigenvalue weighted by molar-refractivity contribution is 5.94. The molecule has 2 aromatic carbocycles. The molecule has 0 spiro atoms. The number of amides is 1. The number of rotatable bonds is 5. The van der Waals surface area contributed by atoms with E-state index in [1.54, 1.807) is 0 Å². The Labute approximate surface area is 135 Å². The van der Waals surface area contributed by atoms with Crippen LogP contribution in [0.4, 0.5) is 0 Å². The SMILES string of the molecule is Cc1nc(CCNC(=O)c2ccccc2)cn1-c1ccccc1. The van der Waals surface area contributed by atoms with Gasteiger partial charge >= 0.3 is 0 Å². The fourth-order valence-corrected chi connectivity index (χ4v) is 2.50. The average molecular weight is 305 g/mol. The molecule has 0 aliphatic carbocycles. The lowest BCUT2D eigenvalue weighted by atomic mass is 10.2. The van der Waals surface area contributed by atoms with E-state index in [0.29, 0.717) is 18.5 Å². The second-order valence-electron chi connectivity index (χ2n) is 5.36. The molecule has 1 aromatic heterocycles. The van der Waals surface area contributed by atoms with Crippen molar-refractivity contribution < 1.29 is 4.79 Å². The molecule has 0 aliphatic rings. The maximum atomic E-state index is 12.0. The van der Waals surface area contributed by atoms with Gasteiger partial charge in [0.25, 0.3) is 5.91 Å². The van der Waals surface area contributed by atoms with E-state index >= 15 is 0 Å². The summed E-state index contributed by atoms with van der Waals surface area (Å²) in [5.74, 6) is 0.894. The number of para-hydroxylation sites is 1. The van der Waals surface area contributed by atoms with Crippen molar-refractivity contribution in [3.8, 4) is 5.69 Å². The average Bonchev–Trinajstić information content (AvgIpc) is 2.97. The zero-order valence-corrected chi connectivity index (χ0v) is 13.1. The van der Waals surface area contributed by atoms with Gasteiger partial charge < -0.3 is 9.88 Å². The standard InChI is InChI=1S/C19H19N3O/c1-15-21-17(14-22(15)18-10-6-3-7-11-18)12-13-20-19(23)16-8-4-2-5-9-16/h2-11,14H,12-13H2,1H3,(H,20,23). The molecule has 0 aliphatic heterocycles. The van der Waals surface area contributed by atoms with Gasteiger partial charge in [0.05, 0.1) is 5.69 Å². The van der Waals surface area contributed by atoms with Crippen LogP contribution >= 0.6 is 0 Å². The van der Waals surface area contributed by atoms with Gasteiger partial charge in [0.2, 0.25) is 0 Å². The van der Waals surface area contributed by atoms with Gasteiger partial charge in [-0.3, -0.25) is 4.79 Å². The van der Waals surface area contributed by atoms with Gasteiger partial charge in [0.15, 0.2) is 0 Å². The highest BCUT2D eigenvalue weighted by Crippen LogP contribution is 2.12. The molecule has 1 heterocycles. The molecular weight excluding hydrogens is 286 g/mol. The molecule has 116 valence electrons. The first-order valence-corrected chi connectivity index (χ1v) is 7.67. The third-order valence-corrected chi connectivity index (χ3v) is 3.67. The molecule has 4 heteroatoms. The number of aryl methyl sites for hydroxylation is 1. The topological polar surface area (TPSA) is 46.9 Å². The van der Waals surface area contributed by atoms with E-state index in [1.807, 2.05) is 61.7 Å². The smallest absolute Gasteiger partial charge is 0.251 e. The minimum Gasteiger partial charge on any atom is -0.352 e. The van der Waals surface area contributed by atoms with Crippen molar-refractivity contribution in [2.75, 3.05) is 6.54 Å². The lowest BCUT2D eigenvalue weighted by Gasteiger charge is -2.04.